The summed E-state index contributed by atoms with van der Waals surface area (Å²) in [6, 6.07) is 6.80. The van der Waals surface area contributed by atoms with Crippen molar-refractivity contribution in [1.82, 2.24) is 9.78 Å². The van der Waals surface area contributed by atoms with Crippen LogP contribution in [0.2, 0.25) is 0 Å². The molecule has 0 spiro atoms. The molecule has 0 fully saturated rings. The minimum atomic E-state index is -2.82. The van der Waals surface area contributed by atoms with E-state index >= 15 is 0 Å². The maximum atomic E-state index is 12.3. The van der Waals surface area contributed by atoms with Crippen LogP contribution >= 0.6 is 0 Å². The average molecular weight is 323 g/mol. The quantitative estimate of drug-likeness (QED) is 0.886. The Labute approximate surface area is 133 Å². The lowest BCUT2D eigenvalue weighted by molar-refractivity contribution is -0.0498. The van der Waals surface area contributed by atoms with Gasteiger partial charge in [-0.25, -0.2) is 0 Å². The molecule has 0 saturated carbocycles. The molecule has 2 aromatic rings. The number of hydrogen-bond acceptors (Lipinski definition) is 4. The number of alkyl halides is 2. The van der Waals surface area contributed by atoms with Crippen molar-refractivity contribution in [3.63, 3.8) is 0 Å². The summed E-state index contributed by atoms with van der Waals surface area (Å²) < 4.78 is 30.8. The number of rotatable bonds is 6. The van der Waals surface area contributed by atoms with Gasteiger partial charge in [-0.2, -0.15) is 13.9 Å². The lowest BCUT2D eigenvalue weighted by Gasteiger charge is -2.33. The van der Waals surface area contributed by atoms with E-state index in [1.165, 1.54) is 0 Å². The summed E-state index contributed by atoms with van der Waals surface area (Å²) in [6.45, 7) is -1.09. The van der Waals surface area contributed by atoms with Crippen LogP contribution in [0.15, 0.2) is 36.7 Å². The van der Waals surface area contributed by atoms with E-state index in [0.717, 1.165) is 30.6 Å². The molecular weight excluding hydrogens is 304 g/mol. The molecule has 0 radical (unpaired) electrons. The molecule has 1 aromatic heterocycles. The van der Waals surface area contributed by atoms with E-state index in [4.69, 9.17) is 0 Å². The SMILES string of the molecule is O[C@@H](CN1CCCc2cc(OC(F)F)ccc21)Cn1cccn1. The van der Waals surface area contributed by atoms with Crippen LogP contribution in [-0.4, -0.2) is 40.7 Å². The molecule has 0 saturated heterocycles. The maximum Gasteiger partial charge on any atom is 0.387 e. The van der Waals surface area contributed by atoms with Gasteiger partial charge in [-0.1, -0.05) is 0 Å². The number of aliphatic hydroxyl groups is 1. The molecule has 0 aliphatic carbocycles. The fourth-order valence-corrected chi connectivity index (χ4v) is 2.95. The number of halogens is 2. The van der Waals surface area contributed by atoms with Gasteiger partial charge in [0.2, 0.25) is 0 Å². The van der Waals surface area contributed by atoms with Crippen molar-refractivity contribution in [1.29, 1.82) is 0 Å². The van der Waals surface area contributed by atoms with Gasteiger partial charge >= 0.3 is 6.61 Å². The number of ether oxygens (including phenoxy) is 1. The second-order valence-corrected chi connectivity index (χ2v) is 5.60. The summed E-state index contributed by atoms with van der Waals surface area (Å²) in [7, 11) is 0. The summed E-state index contributed by atoms with van der Waals surface area (Å²) in [5.74, 6) is 0.178. The zero-order chi connectivity index (χ0) is 16.2. The third-order valence-corrected chi connectivity index (χ3v) is 3.88. The van der Waals surface area contributed by atoms with Gasteiger partial charge in [0.25, 0.3) is 0 Å². The van der Waals surface area contributed by atoms with Crippen molar-refractivity contribution in [2.45, 2.75) is 32.1 Å². The van der Waals surface area contributed by atoms with Crippen molar-refractivity contribution in [2.24, 2.45) is 0 Å². The molecule has 1 N–H and O–H groups in total. The van der Waals surface area contributed by atoms with E-state index in [-0.39, 0.29) is 5.75 Å². The first-order chi connectivity index (χ1) is 11.1. The molecule has 124 valence electrons. The molecule has 1 aromatic carbocycles. The lowest BCUT2D eigenvalue weighted by atomic mass is 10.0. The Morgan fingerprint density at radius 1 is 1.30 bits per heavy atom. The molecule has 0 unspecified atom stereocenters. The van der Waals surface area contributed by atoms with Gasteiger partial charge < -0.3 is 14.7 Å². The Kier molecular flexibility index (Phi) is 4.76. The van der Waals surface area contributed by atoms with Crippen LogP contribution in [0.3, 0.4) is 0 Å². The topological polar surface area (TPSA) is 50.5 Å². The fraction of sp³-hybridized carbons (Fsp3) is 0.438. The summed E-state index contributed by atoms with van der Waals surface area (Å²) in [6.07, 6.45) is 4.66. The van der Waals surface area contributed by atoms with Crippen LogP contribution in [0.4, 0.5) is 14.5 Å². The minimum Gasteiger partial charge on any atom is -0.435 e. The zero-order valence-electron chi connectivity index (χ0n) is 12.6. The Morgan fingerprint density at radius 3 is 2.91 bits per heavy atom. The van der Waals surface area contributed by atoms with E-state index in [1.54, 1.807) is 35.3 Å². The smallest absolute Gasteiger partial charge is 0.387 e. The highest BCUT2D eigenvalue weighted by Gasteiger charge is 2.20. The number of benzene rings is 1. The number of aryl methyl sites for hydroxylation is 1. The molecule has 23 heavy (non-hydrogen) atoms. The Balaban J connectivity index is 1.68. The third kappa shape index (κ3) is 3.98. The Bertz CT molecular complexity index is 634. The van der Waals surface area contributed by atoms with Crippen molar-refractivity contribution >= 4 is 5.69 Å². The van der Waals surface area contributed by atoms with Crippen LogP contribution in [0.25, 0.3) is 0 Å². The van der Waals surface area contributed by atoms with Crippen molar-refractivity contribution < 1.29 is 18.6 Å². The highest BCUT2D eigenvalue weighted by molar-refractivity contribution is 5.58. The second kappa shape index (κ2) is 6.95. The number of anilines is 1. The van der Waals surface area contributed by atoms with E-state index in [9.17, 15) is 13.9 Å². The number of β-amino-alcohol motifs (C(OH)–C–C–N with tert-alkyl or cyclic N) is 1. The van der Waals surface area contributed by atoms with Crippen LogP contribution in [0, 0.1) is 0 Å². The van der Waals surface area contributed by atoms with Crippen LogP contribution < -0.4 is 9.64 Å². The lowest BCUT2D eigenvalue weighted by Crippen LogP contribution is -2.38. The first kappa shape index (κ1) is 15.7. The maximum absolute atomic E-state index is 12.3. The average Bonchev–Trinajstić information content (AvgIpc) is 2.99. The first-order valence-electron chi connectivity index (χ1n) is 7.60. The van der Waals surface area contributed by atoms with Crippen LogP contribution in [0.5, 0.6) is 5.75 Å². The number of nitrogens with zero attached hydrogens (tertiary/aromatic N) is 3. The number of hydrogen-bond donors (Lipinski definition) is 1. The zero-order valence-corrected chi connectivity index (χ0v) is 12.6. The molecule has 0 bridgehead atoms. The molecule has 2 heterocycles. The molecule has 5 nitrogen and oxygen atoms in total. The molecule has 1 atom stereocenters. The van der Waals surface area contributed by atoms with E-state index in [1.807, 2.05) is 6.07 Å². The van der Waals surface area contributed by atoms with Crippen LogP contribution in [0.1, 0.15) is 12.0 Å². The number of aromatic nitrogens is 2. The van der Waals surface area contributed by atoms with Crippen molar-refractivity contribution in [3.8, 4) is 5.75 Å². The van der Waals surface area contributed by atoms with E-state index in [0.29, 0.717) is 13.1 Å². The molecule has 1 aliphatic rings. The summed E-state index contributed by atoms with van der Waals surface area (Å²) in [4.78, 5) is 2.08. The van der Waals surface area contributed by atoms with E-state index in [2.05, 4.69) is 14.7 Å². The van der Waals surface area contributed by atoms with Gasteiger partial charge in [0.1, 0.15) is 5.75 Å². The third-order valence-electron chi connectivity index (χ3n) is 3.88. The monoisotopic (exact) mass is 323 g/mol. The number of fused-ring (bicyclic) bond motifs is 1. The van der Waals surface area contributed by atoms with Gasteiger partial charge in [0.15, 0.2) is 0 Å². The standard InChI is InChI=1S/C16H19F2N3O2/c17-16(18)23-14-4-5-15-12(9-14)3-1-7-20(15)10-13(22)11-21-8-2-6-19-21/h2,4-6,8-9,13,16,22H,1,3,7,10-11H2/t13-/m0/s1. The Hall–Kier alpha value is -2.15. The molecular formula is C16H19F2N3O2. The normalized spacial score (nSPS) is 15.6. The van der Waals surface area contributed by atoms with Gasteiger partial charge in [-0.15, -0.1) is 0 Å². The van der Waals surface area contributed by atoms with Gasteiger partial charge in [0, 0.05) is 31.2 Å². The molecule has 1 aliphatic heterocycles. The van der Waals surface area contributed by atoms with Gasteiger partial charge in [-0.05, 0) is 42.7 Å². The second-order valence-electron chi connectivity index (χ2n) is 5.60. The summed E-state index contributed by atoms with van der Waals surface area (Å²) in [5, 5.41) is 14.3. The van der Waals surface area contributed by atoms with Crippen LogP contribution in [-0.2, 0) is 13.0 Å². The molecule has 7 heteroatoms. The predicted octanol–water partition coefficient (Wildman–Crippen LogP) is 2.30. The first-order valence-corrected chi connectivity index (χ1v) is 7.60. The fourth-order valence-electron chi connectivity index (χ4n) is 2.95. The largest absolute Gasteiger partial charge is 0.435 e. The number of aliphatic hydroxyl groups excluding tert-OH is 1. The summed E-state index contributed by atoms with van der Waals surface area (Å²) in [5.41, 5.74) is 1.94. The van der Waals surface area contributed by atoms with Crippen molar-refractivity contribution in [3.05, 3.63) is 42.2 Å². The van der Waals surface area contributed by atoms with Gasteiger partial charge in [-0.3, -0.25) is 4.68 Å². The minimum absolute atomic E-state index is 0.178. The summed E-state index contributed by atoms with van der Waals surface area (Å²) >= 11 is 0. The Morgan fingerprint density at radius 2 is 2.17 bits per heavy atom. The molecule has 3 rings (SSSR count). The van der Waals surface area contributed by atoms with Crippen molar-refractivity contribution in [2.75, 3.05) is 18.0 Å². The highest BCUT2D eigenvalue weighted by Crippen LogP contribution is 2.31. The van der Waals surface area contributed by atoms with Gasteiger partial charge in [0.05, 0.1) is 12.6 Å². The molecule has 0 amide bonds. The predicted molar refractivity (Wildman–Crippen MR) is 81.8 cm³/mol. The van der Waals surface area contributed by atoms with E-state index < -0.39 is 12.7 Å². The highest BCUT2D eigenvalue weighted by atomic mass is 19.3.